The average molecular weight is 347 g/mol. The van der Waals surface area contributed by atoms with Crippen LogP contribution in [-0.4, -0.2) is 28.5 Å². The lowest BCUT2D eigenvalue weighted by molar-refractivity contribution is -0.119. The minimum absolute atomic E-state index is 0.133. The van der Waals surface area contributed by atoms with Crippen molar-refractivity contribution in [3.05, 3.63) is 40.9 Å². The number of carbonyl (C=O) groups is 2. The Kier molecular flexibility index (Phi) is 6.05. The maximum atomic E-state index is 12.4. The number of rotatable bonds is 6. The molecule has 1 unspecified atom stereocenters. The van der Waals surface area contributed by atoms with E-state index in [4.69, 9.17) is 5.11 Å². The SMILES string of the molecule is CC(C)c1cnc(NC(=O)C(C)c2ccc(NC(=O)CO)cc2)s1. The van der Waals surface area contributed by atoms with Crippen molar-refractivity contribution in [1.29, 1.82) is 0 Å². The van der Waals surface area contributed by atoms with E-state index >= 15 is 0 Å². The fourth-order valence-electron chi connectivity index (χ4n) is 2.03. The van der Waals surface area contributed by atoms with Crippen molar-refractivity contribution in [1.82, 2.24) is 4.98 Å². The Morgan fingerprint density at radius 3 is 2.38 bits per heavy atom. The molecule has 0 saturated carbocycles. The van der Waals surface area contributed by atoms with Crippen molar-refractivity contribution in [3.63, 3.8) is 0 Å². The van der Waals surface area contributed by atoms with Crippen LogP contribution in [0.2, 0.25) is 0 Å². The number of carbonyl (C=O) groups excluding carboxylic acids is 2. The molecular formula is C17H21N3O3S. The van der Waals surface area contributed by atoms with E-state index in [1.807, 2.05) is 6.92 Å². The van der Waals surface area contributed by atoms with Gasteiger partial charge in [-0.1, -0.05) is 26.0 Å². The van der Waals surface area contributed by atoms with Gasteiger partial charge in [-0.25, -0.2) is 4.98 Å². The largest absolute Gasteiger partial charge is 0.387 e. The molecule has 6 nitrogen and oxygen atoms in total. The molecule has 1 aromatic carbocycles. The molecule has 7 heteroatoms. The van der Waals surface area contributed by atoms with E-state index in [0.29, 0.717) is 16.7 Å². The number of hydrogen-bond donors (Lipinski definition) is 3. The second-order valence-electron chi connectivity index (χ2n) is 5.76. The molecule has 0 bridgehead atoms. The van der Waals surface area contributed by atoms with Gasteiger partial charge in [0, 0.05) is 16.8 Å². The number of benzene rings is 1. The number of amides is 2. The van der Waals surface area contributed by atoms with Crippen molar-refractivity contribution < 1.29 is 14.7 Å². The minimum Gasteiger partial charge on any atom is -0.387 e. The fourth-order valence-corrected chi connectivity index (χ4v) is 2.85. The Morgan fingerprint density at radius 1 is 1.17 bits per heavy atom. The Hall–Kier alpha value is -2.25. The predicted octanol–water partition coefficient (Wildman–Crippen LogP) is 2.94. The van der Waals surface area contributed by atoms with Crippen LogP contribution in [0, 0.1) is 0 Å². The number of aromatic nitrogens is 1. The second-order valence-corrected chi connectivity index (χ2v) is 6.82. The Morgan fingerprint density at radius 2 is 1.83 bits per heavy atom. The number of nitrogens with zero attached hydrogens (tertiary/aromatic N) is 1. The first-order valence-corrected chi connectivity index (χ1v) is 8.49. The summed E-state index contributed by atoms with van der Waals surface area (Å²) in [6.07, 6.45) is 1.79. The highest BCUT2D eigenvalue weighted by Gasteiger charge is 2.17. The van der Waals surface area contributed by atoms with Crippen LogP contribution in [-0.2, 0) is 9.59 Å². The molecule has 0 saturated heterocycles. The zero-order valence-electron chi connectivity index (χ0n) is 13.9. The van der Waals surface area contributed by atoms with Gasteiger partial charge < -0.3 is 15.7 Å². The van der Waals surface area contributed by atoms with Crippen LogP contribution in [0.25, 0.3) is 0 Å². The summed E-state index contributed by atoms with van der Waals surface area (Å²) in [5.74, 6) is -0.573. The first-order chi connectivity index (χ1) is 11.4. The highest BCUT2D eigenvalue weighted by Crippen LogP contribution is 2.26. The summed E-state index contributed by atoms with van der Waals surface area (Å²) in [5, 5.41) is 14.7. The van der Waals surface area contributed by atoms with E-state index in [9.17, 15) is 9.59 Å². The summed E-state index contributed by atoms with van der Waals surface area (Å²) in [6, 6.07) is 6.96. The van der Waals surface area contributed by atoms with Gasteiger partial charge >= 0.3 is 0 Å². The Bertz CT molecular complexity index is 710. The van der Waals surface area contributed by atoms with Gasteiger partial charge in [-0.05, 0) is 30.5 Å². The van der Waals surface area contributed by atoms with Crippen molar-refractivity contribution in [2.24, 2.45) is 0 Å². The maximum absolute atomic E-state index is 12.4. The molecule has 0 fully saturated rings. The molecule has 2 rings (SSSR count). The van der Waals surface area contributed by atoms with Crippen LogP contribution in [0.4, 0.5) is 10.8 Å². The van der Waals surface area contributed by atoms with Gasteiger partial charge in [-0.2, -0.15) is 0 Å². The van der Waals surface area contributed by atoms with Gasteiger partial charge in [-0.3, -0.25) is 9.59 Å². The van der Waals surface area contributed by atoms with Gasteiger partial charge in [0.1, 0.15) is 6.61 Å². The standard InChI is InChI=1S/C17H21N3O3S/c1-10(2)14-8-18-17(24-14)20-16(23)11(3)12-4-6-13(7-5-12)19-15(22)9-21/h4-8,10-11,21H,9H2,1-3H3,(H,19,22)(H,18,20,23). The number of aliphatic hydroxyl groups excluding tert-OH is 1. The van der Waals surface area contributed by atoms with Crippen LogP contribution >= 0.6 is 11.3 Å². The minimum atomic E-state index is -0.563. The molecule has 2 amide bonds. The highest BCUT2D eigenvalue weighted by molar-refractivity contribution is 7.15. The summed E-state index contributed by atoms with van der Waals surface area (Å²) in [5.41, 5.74) is 1.40. The third-order valence-electron chi connectivity index (χ3n) is 3.55. The van der Waals surface area contributed by atoms with Crippen LogP contribution in [0.15, 0.2) is 30.5 Å². The summed E-state index contributed by atoms with van der Waals surface area (Å²) in [6.45, 7) is 5.41. The van der Waals surface area contributed by atoms with E-state index in [2.05, 4.69) is 29.5 Å². The van der Waals surface area contributed by atoms with Gasteiger partial charge in [0.25, 0.3) is 0 Å². The van der Waals surface area contributed by atoms with Gasteiger partial charge in [-0.15, -0.1) is 11.3 Å². The highest BCUT2D eigenvalue weighted by atomic mass is 32.1. The molecule has 1 atom stereocenters. The first kappa shape index (κ1) is 18.1. The van der Waals surface area contributed by atoms with Crippen molar-refractivity contribution in [2.75, 3.05) is 17.2 Å². The van der Waals surface area contributed by atoms with E-state index in [0.717, 1.165) is 10.4 Å². The van der Waals surface area contributed by atoms with Gasteiger partial charge in [0.2, 0.25) is 11.8 Å². The number of anilines is 2. The van der Waals surface area contributed by atoms with Crippen molar-refractivity contribution >= 4 is 34.0 Å². The van der Waals surface area contributed by atoms with Crippen LogP contribution in [0.5, 0.6) is 0 Å². The van der Waals surface area contributed by atoms with E-state index in [1.165, 1.54) is 11.3 Å². The molecule has 2 aromatic rings. The molecule has 1 heterocycles. The van der Waals surface area contributed by atoms with Crippen LogP contribution < -0.4 is 10.6 Å². The zero-order chi connectivity index (χ0) is 17.7. The zero-order valence-corrected chi connectivity index (χ0v) is 14.7. The molecule has 0 aliphatic rings. The molecule has 128 valence electrons. The summed E-state index contributed by atoms with van der Waals surface area (Å²) < 4.78 is 0. The normalized spacial score (nSPS) is 12.0. The third-order valence-corrected chi connectivity index (χ3v) is 4.77. The number of hydrogen-bond acceptors (Lipinski definition) is 5. The van der Waals surface area contributed by atoms with Gasteiger partial charge in [0.15, 0.2) is 5.13 Å². The summed E-state index contributed by atoms with van der Waals surface area (Å²) >= 11 is 1.48. The molecule has 0 spiro atoms. The van der Waals surface area contributed by atoms with Crippen molar-refractivity contribution in [3.8, 4) is 0 Å². The van der Waals surface area contributed by atoms with E-state index < -0.39 is 12.5 Å². The molecule has 24 heavy (non-hydrogen) atoms. The number of thiazole rings is 1. The lowest BCUT2D eigenvalue weighted by Gasteiger charge is -2.12. The molecular weight excluding hydrogens is 326 g/mol. The Balaban J connectivity index is 2.00. The molecule has 1 aromatic heterocycles. The van der Waals surface area contributed by atoms with Crippen LogP contribution in [0.1, 0.15) is 43.0 Å². The van der Waals surface area contributed by atoms with Gasteiger partial charge in [0.05, 0.1) is 5.92 Å². The quantitative estimate of drug-likeness (QED) is 0.749. The summed E-state index contributed by atoms with van der Waals surface area (Å²) in [7, 11) is 0. The first-order valence-electron chi connectivity index (χ1n) is 7.68. The molecule has 0 radical (unpaired) electrons. The van der Waals surface area contributed by atoms with E-state index in [-0.39, 0.29) is 11.8 Å². The van der Waals surface area contributed by atoms with E-state index in [1.54, 1.807) is 30.5 Å². The monoisotopic (exact) mass is 347 g/mol. The number of aliphatic hydroxyl groups is 1. The fraction of sp³-hybridized carbons (Fsp3) is 0.353. The second kappa shape index (κ2) is 8.03. The summed E-state index contributed by atoms with van der Waals surface area (Å²) in [4.78, 5) is 28.8. The maximum Gasteiger partial charge on any atom is 0.250 e. The van der Waals surface area contributed by atoms with Crippen molar-refractivity contribution in [2.45, 2.75) is 32.6 Å². The molecule has 3 N–H and O–H groups in total. The lowest BCUT2D eigenvalue weighted by atomic mass is 10.0. The topological polar surface area (TPSA) is 91.3 Å². The van der Waals surface area contributed by atoms with Crippen LogP contribution in [0.3, 0.4) is 0 Å². The smallest absolute Gasteiger partial charge is 0.250 e. The predicted molar refractivity (Wildman–Crippen MR) is 95.4 cm³/mol. The lowest BCUT2D eigenvalue weighted by Crippen LogP contribution is -2.19. The average Bonchev–Trinajstić information content (AvgIpc) is 3.03. The number of nitrogens with one attached hydrogen (secondary N) is 2. The molecule has 0 aliphatic carbocycles. The third kappa shape index (κ3) is 4.62. The molecule has 0 aliphatic heterocycles. The Labute approximate surface area is 144 Å².